The lowest BCUT2D eigenvalue weighted by molar-refractivity contribution is -0.115. The number of hydrogen-bond donors (Lipinski definition) is 2. The van der Waals surface area contributed by atoms with Gasteiger partial charge in [0.15, 0.2) is 11.5 Å². The van der Waals surface area contributed by atoms with E-state index in [2.05, 4.69) is 22.5 Å². The fraction of sp³-hybridized carbons (Fsp3) is 0.360. The van der Waals surface area contributed by atoms with Crippen molar-refractivity contribution in [1.82, 2.24) is 10.2 Å². The lowest BCUT2D eigenvalue weighted by Crippen LogP contribution is -2.39. The summed E-state index contributed by atoms with van der Waals surface area (Å²) >= 11 is 0. The maximum Gasteiger partial charge on any atom is 0.291 e. The SMILES string of the molecule is CC1CCCCN1CCCNC(=O)c1ccc2c(c1)NC(=O)/C(=C/c1ccccc1)O2. The van der Waals surface area contributed by atoms with E-state index in [0.29, 0.717) is 29.6 Å². The first-order valence-electron chi connectivity index (χ1n) is 11.0. The number of ether oxygens (including phenoxy) is 1. The van der Waals surface area contributed by atoms with Gasteiger partial charge in [-0.15, -0.1) is 0 Å². The molecule has 0 saturated carbocycles. The summed E-state index contributed by atoms with van der Waals surface area (Å²) in [6, 6.07) is 15.3. The lowest BCUT2D eigenvalue weighted by Gasteiger charge is -2.33. The molecule has 162 valence electrons. The molecule has 4 rings (SSSR count). The molecule has 0 radical (unpaired) electrons. The average molecular weight is 420 g/mol. The Morgan fingerprint density at radius 2 is 2.06 bits per heavy atom. The third kappa shape index (κ3) is 5.33. The van der Waals surface area contributed by atoms with Crippen molar-refractivity contribution in [2.45, 2.75) is 38.6 Å². The Hall–Kier alpha value is -3.12. The van der Waals surface area contributed by atoms with E-state index >= 15 is 0 Å². The zero-order valence-corrected chi connectivity index (χ0v) is 17.9. The van der Waals surface area contributed by atoms with Crippen LogP contribution in [0.25, 0.3) is 6.08 Å². The number of nitrogens with zero attached hydrogens (tertiary/aromatic N) is 1. The van der Waals surface area contributed by atoms with Crippen LogP contribution in [0.5, 0.6) is 5.75 Å². The van der Waals surface area contributed by atoms with Gasteiger partial charge in [0.25, 0.3) is 11.8 Å². The van der Waals surface area contributed by atoms with Crippen molar-refractivity contribution >= 4 is 23.6 Å². The highest BCUT2D eigenvalue weighted by atomic mass is 16.5. The highest BCUT2D eigenvalue weighted by molar-refractivity contribution is 6.09. The van der Waals surface area contributed by atoms with Crippen LogP contribution in [0.15, 0.2) is 54.3 Å². The fourth-order valence-corrected chi connectivity index (χ4v) is 4.08. The second-order valence-electron chi connectivity index (χ2n) is 8.18. The Bertz CT molecular complexity index is 971. The van der Waals surface area contributed by atoms with Crippen LogP contribution < -0.4 is 15.4 Å². The number of likely N-dealkylation sites (tertiary alicyclic amines) is 1. The first kappa shape index (κ1) is 21.1. The van der Waals surface area contributed by atoms with Gasteiger partial charge in [0, 0.05) is 24.7 Å². The molecule has 6 heteroatoms. The predicted molar refractivity (Wildman–Crippen MR) is 122 cm³/mol. The van der Waals surface area contributed by atoms with Crippen molar-refractivity contribution in [2.24, 2.45) is 0 Å². The number of hydrogen-bond acceptors (Lipinski definition) is 4. The molecule has 0 spiro atoms. The number of fused-ring (bicyclic) bond motifs is 1. The lowest BCUT2D eigenvalue weighted by atomic mass is 10.0. The van der Waals surface area contributed by atoms with Gasteiger partial charge in [0.1, 0.15) is 0 Å². The maximum atomic E-state index is 12.5. The van der Waals surface area contributed by atoms with Crippen molar-refractivity contribution in [1.29, 1.82) is 0 Å². The van der Waals surface area contributed by atoms with Gasteiger partial charge < -0.3 is 20.3 Å². The second kappa shape index (κ2) is 9.79. The van der Waals surface area contributed by atoms with Gasteiger partial charge in [-0.05, 0) is 62.6 Å². The summed E-state index contributed by atoms with van der Waals surface area (Å²) in [6.07, 6.45) is 6.46. The second-order valence-corrected chi connectivity index (χ2v) is 8.18. The quantitative estimate of drug-likeness (QED) is 0.547. The van der Waals surface area contributed by atoms with Crippen LogP contribution in [0, 0.1) is 0 Å². The molecule has 2 heterocycles. The number of carbonyl (C=O) groups is 2. The highest BCUT2D eigenvalue weighted by Gasteiger charge is 2.23. The molecule has 0 bridgehead atoms. The fourth-order valence-electron chi connectivity index (χ4n) is 4.08. The number of benzene rings is 2. The van der Waals surface area contributed by atoms with Crippen LogP contribution >= 0.6 is 0 Å². The zero-order valence-electron chi connectivity index (χ0n) is 17.9. The summed E-state index contributed by atoms with van der Waals surface area (Å²) in [4.78, 5) is 27.5. The Kier molecular flexibility index (Phi) is 6.67. The Labute approximate surface area is 183 Å². The Balaban J connectivity index is 1.33. The summed E-state index contributed by atoms with van der Waals surface area (Å²) in [5.41, 5.74) is 1.89. The largest absolute Gasteiger partial charge is 0.449 e. The van der Waals surface area contributed by atoms with Crippen LogP contribution in [0.3, 0.4) is 0 Å². The van der Waals surface area contributed by atoms with Gasteiger partial charge in [0.2, 0.25) is 0 Å². The molecule has 0 aliphatic carbocycles. The van der Waals surface area contributed by atoms with E-state index < -0.39 is 0 Å². The summed E-state index contributed by atoms with van der Waals surface area (Å²) in [5.74, 6) is 0.277. The average Bonchev–Trinajstić information content (AvgIpc) is 2.78. The first-order chi connectivity index (χ1) is 15.1. The van der Waals surface area contributed by atoms with Crippen LogP contribution in [0.1, 0.15) is 48.5 Å². The summed E-state index contributed by atoms with van der Waals surface area (Å²) < 4.78 is 5.77. The number of amides is 2. The number of nitrogens with one attached hydrogen (secondary N) is 2. The molecule has 1 atom stereocenters. The van der Waals surface area contributed by atoms with Crippen LogP contribution in [-0.4, -0.2) is 42.4 Å². The minimum atomic E-state index is -0.329. The molecule has 1 unspecified atom stereocenters. The topological polar surface area (TPSA) is 70.7 Å². The third-order valence-electron chi connectivity index (χ3n) is 5.88. The van der Waals surface area contributed by atoms with Crippen molar-refractivity contribution < 1.29 is 14.3 Å². The third-order valence-corrected chi connectivity index (χ3v) is 5.88. The molecule has 2 aliphatic rings. The molecule has 6 nitrogen and oxygen atoms in total. The zero-order chi connectivity index (χ0) is 21.6. The Morgan fingerprint density at radius 3 is 2.87 bits per heavy atom. The van der Waals surface area contributed by atoms with E-state index in [1.165, 1.54) is 19.3 Å². The van der Waals surface area contributed by atoms with Crippen LogP contribution in [-0.2, 0) is 4.79 Å². The van der Waals surface area contributed by atoms with Crippen LogP contribution in [0.4, 0.5) is 5.69 Å². The number of anilines is 1. The minimum Gasteiger partial charge on any atom is -0.449 e. The number of carbonyl (C=O) groups excluding carboxylic acids is 2. The van der Waals surface area contributed by atoms with Gasteiger partial charge >= 0.3 is 0 Å². The van der Waals surface area contributed by atoms with E-state index in [4.69, 9.17) is 4.74 Å². The van der Waals surface area contributed by atoms with E-state index in [1.807, 2.05) is 30.3 Å². The summed E-state index contributed by atoms with van der Waals surface area (Å²) in [5, 5.41) is 5.80. The molecule has 31 heavy (non-hydrogen) atoms. The molecule has 2 amide bonds. The van der Waals surface area contributed by atoms with Gasteiger partial charge in [0.05, 0.1) is 5.69 Å². The van der Waals surface area contributed by atoms with Gasteiger partial charge in [-0.25, -0.2) is 0 Å². The van der Waals surface area contributed by atoms with Crippen molar-refractivity contribution in [3.8, 4) is 5.75 Å². The molecule has 1 saturated heterocycles. The molecule has 1 fully saturated rings. The van der Waals surface area contributed by atoms with E-state index in [0.717, 1.165) is 25.1 Å². The van der Waals surface area contributed by atoms with E-state index in [-0.39, 0.29) is 17.6 Å². The summed E-state index contributed by atoms with van der Waals surface area (Å²) in [6.45, 7) is 5.07. The van der Waals surface area contributed by atoms with E-state index in [1.54, 1.807) is 24.3 Å². The number of rotatable bonds is 6. The van der Waals surface area contributed by atoms with Crippen molar-refractivity contribution in [3.05, 3.63) is 65.4 Å². The van der Waals surface area contributed by atoms with Crippen molar-refractivity contribution in [2.75, 3.05) is 25.0 Å². The monoisotopic (exact) mass is 419 g/mol. The molecule has 2 aromatic rings. The normalized spacial score (nSPS) is 20.0. The minimum absolute atomic E-state index is 0.144. The van der Waals surface area contributed by atoms with E-state index in [9.17, 15) is 9.59 Å². The van der Waals surface area contributed by atoms with Gasteiger partial charge in [-0.1, -0.05) is 36.8 Å². The smallest absolute Gasteiger partial charge is 0.291 e. The molecular weight excluding hydrogens is 390 g/mol. The number of piperidine rings is 1. The first-order valence-corrected chi connectivity index (χ1v) is 11.0. The maximum absolute atomic E-state index is 12.5. The van der Waals surface area contributed by atoms with Gasteiger partial charge in [-0.2, -0.15) is 0 Å². The summed E-state index contributed by atoms with van der Waals surface area (Å²) in [7, 11) is 0. The van der Waals surface area contributed by atoms with Crippen molar-refractivity contribution in [3.63, 3.8) is 0 Å². The molecule has 2 aromatic carbocycles. The van der Waals surface area contributed by atoms with Crippen LogP contribution in [0.2, 0.25) is 0 Å². The highest BCUT2D eigenvalue weighted by Crippen LogP contribution is 2.32. The standard InChI is InChI=1S/C25H29N3O3/c1-18-8-5-6-14-28(18)15-7-13-26-24(29)20-11-12-22-21(17-20)27-25(30)23(31-22)16-19-9-3-2-4-10-19/h2-4,9-12,16-18H,5-8,13-15H2,1H3,(H,26,29)(H,27,30)/b23-16-. The Morgan fingerprint density at radius 1 is 1.23 bits per heavy atom. The predicted octanol–water partition coefficient (Wildman–Crippen LogP) is 4.05. The molecule has 2 N–H and O–H groups in total. The molecular formula is C25H29N3O3. The molecule has 0 aromatic heterocycles. The molecule has 2 aliphatic heterocycles. The van der Waals surface area contributed by atoms with Gasteiger partial charge in [-0.3, -0.25) is 9.59 Å².